The standard InChI is InChI=1S/2C7H16S5.Sn/c2*8-1-3-11-6-7(5-10)12-4-2-9;/h2*7-10H,1-6H2;/q;;+4/p-4. The van der Waals surface area contributed by atoms with Gasteiger partial charge in [-0.1, -0.05) is 0 Å². The first-order valence-electron chi connectivity index (χ1n) is 8.44. The van der Waals surface area contributed by atoms with Gasteiger partial charge in [-0.25, -0.2) is 0 Å². The fraction of sp³-hybridized carbons (Fsp3) is 1.00. The third kappa shape index (κ3) is 10.9. The molecular weight excluding hydrogens is 608 g/mol. The minimum atomic E-state index is -2.18. The Hall–Kier alpha value is 4.30. The van der Waals surface area contributed by atoms with Crippen LogP contribution in [0.25, 0.3) is 0 Å². The molecule has 2 heterocycles. The van der Waals surface area contributed by atoms with Crippen LogP contribution in [-0.4, -0.2) is 92.4 Å². The summed E-state index contributed by atoms with van der Waals surface area (Å²) in [5, 5.41) is 1.74. The summed E-state index contributed by atoms with van der Waals surface area (Å²) in [7, 11) is 9.78. The summed E-state index contributed by atoms with van der Waals surface area (Å²) in [5.41, 5.74) is 0. The van der Waals surface area contributed by atoms with E-state index in [-0.39, 0.29) is 0 Å². The van der Waals surface area contributed by atoms with Crippen LogP contribution >= 0.6 is 108 Å². The van der Waals surface area contributed by atoms with Crippen LogP contribution in [0.5, 0.6) is 0 Å². The Morgan fingerprint density at radius 3 is 1.64 bits per heavy atom. The van der Waals surface area contributed by atoms with Crippen LogP contribution in [0.15, 0.2) is 0 Å². The summed E-state index contributed by atoms with van der Waals surface area (Å²) in [6, 6.07) is 0. The first-order chi connectivity index (χ1) is 12.3. The Labute approximate surface area is 197 Å². The van der Waals surface area contributed by atoms with Gasteiger partial charge in [0.1, 0.15) is 0 Å². The van der Waals surface area contributed by atoms with Gasteiger partial charge in [0.15, 0.2) is 0 Å². The molecule has 0 aromatic heterocycles. The molecule has 148 valence electrons. The van der Waals surface area contributed by atoms with E-state index in [1.54, 1.807) is 0 Å². The topological polar surface area (TPSA) is 0 Å². The first-order valence-corrected chi connectivity index (χ1v) is 32.0. The van der Waals surface area contributed by atoms with E-state index in [4.69, 9.17) is 0 Å². The number of thioether (sulfide) groups is 4. The fourth-order valence-corrected chi connectivity index (χ4v) is 61.5. The SMILES string of the molecule is SCCSCC1C[S][Sn]2([S]CCS1)[S]CCSC(CSCCS)C[S]2. The van der Waals surface area contributed by atoms with Crippen LogP contribution in [0.1, 0.15) is 0 Å². The molecule has 2 rings (SSSR count). The maximum atomic E-state index is 4.36. The zero-order valence-corrected chi connectivity index (χ0v) is 25.5. The van der Waals surface area contributed by atoms with Gasteiger partial charge in [-0.2, -0.15) is 0 Å². The van der Waals surface area contributed by atoms with Crippen molar-refractivity contribution in [3.05, 3.63) is 0 Å². The molecule has 0 aromatic carbocycles. The molecule has 0 aromatic rings. The van der Waals surface area contributed by atoms with Gasteiger partial charge in [-0.05, 0) is 0 Å². The Morgan fingerprint density at radius 1 is 0.720 bits per heavy atom. The number of hydrogen-bond donors (Lipinski definition) is 2. The third-order valence-electron chi connectivity index (χ3n) is 3.40. The van der Waals surface area contributed by atoms with E-state index >= 15 is 0 Å². The van der Waals surface area contributed by atoms with Gasteiger partial charge in [-0.15, -0.1) is 0 Å². The van der Waals surface area contributed by atoms with E-state index in [0.717, 1.165) is 22.0 Å². The summed E-state index contributed by atoms with van der Waals surface area (Å²) < 4.78 is 0. The summed E-state index contributed by atoms with van der Waals surface area (Å²) >= 11 is 15.2. The predicted octanol–water partition coefficient (Wildman–Crippen LogP) is 5.91. The molecule has 0 bridgehead atoms. The van der Waals surface area contributed by atoms with Crippen LogP contribution in [-0.2, 0) is 0 Å². The summed E-state index contributed by atoms with van der Waals surface area (Å²) in [6.45, 7) is 0. The van der Waals surface area contributed by atoms with Crippen molar-refractivity contribution in [1.29, 1.82) is 0 Å². The van der Waals surface area contributed by atoms with Gasteiger partial charge in [0.05, 0.1) is 0 Å². The molecule has 0 saturated carbocycles. The minimum absolute atomic E-state index is 0.868. The van der Waals surface area contributed by atoms with E-state index in [2.05, 4.69) is 108 Å². The van der Waals surface area contributed by atoms with Crippen LogP contribution in [0.4, 0.5) is 0 Å². The monoisotopic (exact) mass is 636 g/mol. The number of thiol groups is 2. The Morgan fingerprint density at radius 2 is 1.20 bits per heavy atom. The van der Waals surface area contributed by atoms with Crippen molar-refractivity contribution in [2.75, 3.05) is 69.0 Å². The van der Waals surface area contributed by atoms with E-state index in [1.165, 1.54) is 57.5 Å². The molecule has 0 nitrogen and oxygen atoms in total. The quantitative estimate of drug-likeness (QED) is 0.190. The van der Waals surface area contributed by atoms with E-state index in [1.807, 2.05) is 0 Å². The third-order valence-corrected chi connectivity index (χ3v) is 60.9. The average Bonchev–Trinajstić information content (AvgIpc) is 2.59. The van der Waals surface area contributed by atoms with Crippen LogP contribution in [0.3, 0.4) is 0 Å². The predicted molar refractivity (Wildman–Crippen MR) is 150 cm³/mol. The number of rotatable bonds is 8. The van der Waals surface area contributed by atoms with Crippen LogP contribution in [0.2, 0.25) is 0 Å². The van der Waals surface area contributed by atoms with Crippen LogP contribution < -0.4 is 0 Å². The zero-order chi connectivity index (χ0) is 17.8. The van der Waals surface area contributed by atoms with Gasteiger partial charge in [0.25, 0.3) is 0 Å². The molecule has 2 aliphatic heterocycles. The number of hydrogen-bond acceptors (Lipinski definition) is 10. The molecule has 2 saturated heterocycles. The molecule has 0 amide bonds. The van der Waals surface area contributed by atoms with E-state index in [0.29, 0.717) is 0 Å². The molecular formula is C14H28S10Sn. The van der Waals surface area contributed by atoms with Crippen molar-refractivity contribution < 1.29 is 0 Å². The summed E-state index contributed by atoms with van der Waals surface area (Å²) in [4.78, 5) is 0. The maximum absolute atomic E-state index is 4.36. The Kier molecular flexibility index (Phi) is 16.4. The molecule has 0 aliphatic carbocycles. The second-order valence-electron chi connectivity index (χ2n) is 5.40. The molecule has 11 heteroatoms. The summed E-state index contributed by atoms with van der Waals surface area (Å²) in [6.07, 6.45) is 0. The molecule has 25 heavy (non-hydrogen) atoms. The van der Waals surface area contributed by atoms with Crippen molar-refractivity contribution in [1.82, 2.24) is 0 Å². The fourth-order valence-electron chi connectivity index (χ4n) is 2.25. The molecule has 2 fully saturated rings. The van der Waals surface area contributed by atoms with Gasteiger partial charge >= 0.3 is 200 Å². The van der Waals surface area contributed by atoms with Crippen molar-refractivity contribution in [3.63, 3.8) is 0 Å². The zero-order valence-electron chi connectivity index (χ0n) is 14.3. The molecule has 0 N–H and O–H groups in total. The summed E-state index contributed by atoms with van der Waals surface area (Å²) in [5.74, 6) is 15.5. The van der Waals surface area contributed by atoms with Gasteiger partial charge in [-0.3, -0.25) is 0 Å². The molecule has 2 atom stereocenters. The molecule has 1 spiro atoms. The van der Waals surface area contributed by atoms with Crippen molar-refractivity contribution in [2.24, 2.45) is 0 Å². The van der Waals surface area contributed by atoms with E-state index in [9.17, 15) is 0 Å². The van der Waals surface area contributed by atoms with Gasteiger partial charge in [0, 0.05) is 0 Å². The van der Waals surface area contributed by atoms with Crippen molar-refractivity contribution in [2.45, 2.75) is 10.5 Å². The normalized spacial score (nSPS) is 31.9. The van der Waals surface area contributed by atoms with Gasteiger partial charge < -0.3 is 0 Å². The molecule has 0 radical (unpaired) electrons. The average molecular weight is 636 g/mol. The van der Waals surface area contributed by atoms with Crippen molar-refractivity contribution in [3.8, 4) is 0 Å². The molecule has 2 aliphatic rings. The Balaban J connectivity index is 1.83. The second-order valence-corrected chi connectivity index (χ2v) is 53.6. The Bertz CT molecular complexity index is 316. The van der Waals surface area contributed by atoms with Crippen LogP contribution in [0, 0.1) is 0 Å². The van der Waals surface area contributed by atoms with Crippen molar-refractivity contribution >= 4 is 121 Å². The molecule has 2 unspecified atom stereocenters. The van der Waals surface area contributed by atoms with E-state index < -0.39 is 12.8 Å². The second kappa shape index (κ2) is 16.0. The van der Waals surface area contributed by atoms with Gasteiger partial charge in [0.2, 0.25) is 0 Å². The first kappa shape index (κ1) is 25.6.